The van der Waals surface area contributed by atoms with Gasteiger partial charge in [0.1, 0.15) is 29.8 Å². The number of rotatable bonds is 9. The van der Waals surface area contributed by atoms with Crippen LogP contribution in [0.1, 0.15) is 86.9 Å². The topological polar surface area (TPSA) is 135 Å². The predicted octanol–water partition coefficient (Wildman–Crippen LogP) is 7.30. The molecular formula is C44H51ClO10. The summed E-state index contributed by atoms with van der Waals surface area (Å²) >= 11 is 7.22. The average molecular weight is 775 g/mol. The number of methoxy groups -OCH3 is 2. The van der Waals surface area contributed by atoms with Crippen LogP contribution in [0.25, 0.3) is 0 Å². The van der Waals surface area contributed by atoms with Crippen LogP contribution in [0.4, 0.5) is 0 Å². The number of carbonyl (C=O) groups excluding carboxylic acids is 4. The van der Waals surface area contributed by atoms with E-state index in [0.29, 0.717) is 47.5 Å². The number of ketones is 1. The van der Waals surface area contributed by atoms with E-state index >= 15 is 0 Å². The zero-order valence-corrected chi connectivity index (χ0v) is 33.1. The third kappa shape index (κ3) is 6.37. The number of cyclic esters (lactones) is 1. The van der Waals surface area contributed by atoms with Crippen molar-refractivity contribution in [2.75, 3.05) is 20.8 Å². The normalized spacial score (nSPS) is 35.8. The molecule has 0 saturated heterocycles. The summed E-state index contributed by atoms with van der Waals surface area (Å²) in [6, 6.07) is 13.1. The lowest BCUT2D eigenvalue weighted by Crippen LogP contribution is -2.73. The molecule has 7 rings (SSSR count). The number of hydrogen-bond donors (Lipinski definition) is 1. The van der Waals surface area contributed by atoms with Crippen molar-refractivity contribution < 1.29 is 48.0 Å². The monoisotopic (exact) mass is 774 g/mol. The molecule has 0 unspecified atom stereocenters. The first kappa shape index (κ1) is 39.1. The van der Waals surface area contributed by atoms with Crippen LogP contribution in [-0.2, 0) is 23.8 Å². The Hall–Kier alpha value is -4.15. The van der Waals surface area contributed by atoms with Gasteiger partial charge in [-0.2, -0.15) is 0 Å². The van der Waals surface area contributed by atoms with Crippen molar-refractivity contribution in [3.05, 3.63) is 83.0 Å². The first-order chi connectivity index (χ1) is 26.2. The molecular weight excluding hydrogens is 724 g/mol. The van der Waals surface area contributed by atoms with E-state index in [9.17, 15) is 24.3 Å². The molecule has 11 atom stereocenters. The molecule has 1 N–H and O–H groups in total. The molecule has 55 heavy (non-hydrogen) atoms. The van der Waals surface area contributed by atoms with Crippen molar-refractivity contribution in [1.29, 1.82) is 0 Å². The summed E-state index contributed by atoms with van der Waals surface area (Å²) in [4.78, 5) is 53.4. The highest BCUT2D eigenvalue weighted by atomic mass is 35.5. The number of hydrogen-bond acceptors (Lipinski definition) is 10. The molecule has 5 aliphatic rings. The standard InChI is InChI=1S/C44H51ClO10/c1-24-21-35(54-41(49)31(24)23-53-39(47)26-7-11-28(51-5)12-8-26)25(2)32-15-16-33-30-22-36(45)44(50)38(55-40(48)27-9-13-29(52-6)14-10-27)18-17-37(46)43(44,4)34(30)19-20-42(32,33)3/h7-14,17-18,25,30,32-36,38,50H,15-16,19-23H2,1-6H3/t25-,30-,32+,33-,34-,35+,36-,38-,42+,43-,44-/m0/s1. The predicted molar refractivity (Wildman–Crippen MR) is 204 cm³/mol. The summed E-state index contributed by atoms with van der Waals surface area (Å²) in [5.41, 5.74) is -1.27. The van der Waals surface area contributed by atoms with Crippen LogP contribution < -0.4 is 9.47 Å². The number of aliphatic hydroxyl groups is 1. The molecule has 0 aromatic heterocycles. The third-order valence-electron chi connectivity index (χ3n) is 14.4. The minimum absolute atomic E-state index is 0.0535. The number of alkyl halides is 1. The molecule has 1 aliphatic heterocycles. The van der Waals surface area contributed by atoms with Crippen molar-refractivity contribution >= 4 is 35.3 Å². The summed E-state index contributed by atoms with van der Waals surface area (Å²) < 4.78 is 27.9. The number of halogens is 1. The van der Waals surface area contributed by atoms with Crippen molar-refractivity contribution in [2.24, 2.45) is 40.4 Å². The van der Waals surface area contributed by atoms with Crippen LogP contribution in [0.5, 0.6) is 11.5 Å². The molecule has 3 fully saturated rings. The molecule has 0 bridgehead atoms. The summed E-state index contributed by atoms with van der Waals surface area (Å²) in [5, 5.41) is 11.8. The van der Waals surface area contributed by atoms with Gasteiger partial charge in [-0.25, -0.2) is 14.4 Å². The van der Waals surface area contributed by atoms with Crippen LogP contribution in [-0.4, -0.2) is 72.8 Å². The third-order valence-corrected chi connectivity index (χ3v) is 14.9. The Kier molecular flexibility index (Phi) is 10.5. The quantitative estimate of drug-likeness (QED) is 0.157. The summed E-state index contributed by atoms with van der Waals surface area (Å²) in [6.07, 6.45) is 5.97. The molecule has 0 amide bonds. The lowest BCUT2D eigenvalue weighted by molar-refractivity contribution is -0.215. The summed E-state index contributed by atoms with van der Waals surface area (Å²) in [7, 11) is 3.09. The Labute approximate surface area is 327 Å². The highest BCUT2D eigenvalue weighted by molar-refractivity contribution is 6.22. The number of allylic oxidation sites excluding steroid dienone is 1. The molecule has 10 nitrogen and oxygen atoms in total. The van der Waals surface area contributed by atoms with E-state index in [4.69, 9.17) is 35.3 Å². The van der Waals surface area contributed by atoms with Crippen LogP contribution >= 0.6 is 11.6 Å². The second kappa shape index (κ2) is 14.7. The number of ether oxygens (including phenoxy) is 5. The Bertz CT molecular complexity index is 1900. The number of carbonyl (C=O) groups is 4. The van der Waals surface area contributed by atoms with Crippen molar-refractivity contribution in [3.8, 4) is 11.5 Å². The molecule has 0 spiro atoms. The van der Waals surface area contributed by atoms with Crippen LogP contribution in [0.2, 0.25) is 0 Å². The van der Waals surface area contributed by atoms with E-state index in [1.807, 2.05) is 13.8 Å². The van der Waals surface area contributed by atoms with Gasteiger partial charge in [-0.1, -0.05) is 19.4 Å². The average Bonchev–Trinajstić information content (AvgIpc) is 3.54. The molecule has 0 radical (unpaired) electrons. The lowest BCUT2D eigenvalue weighted by Gasteiger charge is -2.64. The van der Waals surface area contributed by atoms with E-state index < -0.39 is 40.4 Å². The zero-order chi connectivity index (χ0) is 39.4. The van der Waals surface area contributed by atoms with Gasteiger partial charge in [0.25, 0.3) is 0 Å². The van der Waals surface area contributed by atoms with Crippen molar-refractivity contribution in [2.45, 2.75) is 89.4 Å². The first-order valence-corrected chi connectivity index (χ1v) is 19.8. The molecule has 1 heterocycles. The van der Waals surface area contributed by atoms with Gasteiger partial charge >= 0.3 is 17.9 Å². The molecule has 2 aromatic carbocycles. The Morgan fingerprint density at radius 3 is 2.15 bits per heavy atom. The molecule has 294 valence electrons. The van der Waals surface area contributed by atoms with Gasteiger partial charge in [-0.05, 0) is 142 Å². The SMILES string of the molecule is COc1ccc(C(=O)OCC2=C(C)C[C@H]([C@@H](C)[C@H]3CC[C@H]4[C@@H]5C[C@H](Cl)[C@]6(O)[C@@H](OC(=O)c7ccc(OC)cc7)C=CC(=O)[C@]6(C)[C@H]5CC[C@]34C)OC2=O)cc1. The van der Waals surface area contributed by atoms with E-state index in [0.717, 1.165) is 24.8 Å². The maximum absolute atomic E-state index is 14.0. The van der Waals surface area contributed by atoms with E-state index in [2.05, 4.69) is 13.8 Å². The number of fused-ring (bicyclic) bond motifs is 5. The van der Waals surface area contributed by atoms with E-state index in [1.54, 1.807) is 62.8 Å². The Balaban J connectivity index is 1.05. The molecule has 4 aliphatic carbocycles. The fraction of sp³-hybridized carbons (Fsp3) is 0.545. The van der Waals surface area contributed by atoms with Gasteiger partial charge in [0.15, 0.2) is 11.9 Å². The van der Waals surface area contributed by atoms with Crippen molar-refractivity contribution in [3.63, 3.8) is 0 Å². The summed E-state index contributed by atoms with van der Waals surface area (Å²) in [6.45, 7) is 8.08. The second-order valence-corrected chi connectivity index (χ2v) is 17.2. The van der Waals surface area contributed by atoms with E-state index in [-0.39, 0.29) is 53.5 Å². The van der Waals surface area contributed by atoms with Gasteiger partial charge in [-0.3, -0.25) is 4.79 Å². The Morgan fingerprint density at radius 2 is 1.55 bits per heavy atom. The van der Waals surface area contributed by atoms with Gasteiger partial charge in [0.05, 0.1) is 41.7 Å². The number of esters is 3. The van der Waals surface area contributed by atoms with Crippen LogP contribution in [0.15, 0.2) is 71.8 Å². The Morgan fingerprint density at radius 1 is 0.927 bits per heavy atom. The van der Waals surface area contributed by atoms with Gasteiger partial charge in [0, 0.05) is 6.42 Å². The molecule has 2 aromatic rings. The maximum atomic E-state index is 14.0. The molecule has 11 heteroatoms. The highest BCUT2D eigenvalue weighted by Gasteiger charge is 2.72. The van der Waals surface area contributed by atoms with Gasteiger partial charge in [0.2, 0.25) is 0 Å². The highest BCUT2D eigenvalue weighted by Crippen LogP contribution is 2.69. The van der Waals surface area contributed by atoms with E-state index in [1.165, 1.54) is 12.2 Å². The number of benzene rings is 2. The largest absolute Gasteiger partial charge is 0.497 e. The lowest BCUT2D eigenvalue weighted by atomic mass is 9.43. The second-order valence-electron chi connectivity index (χ2n) is 16.7. The molecule has 3 saturated carbocycles. The smallest absolute Gasteiger partial charge is 0.338 e. The van der Waals surface area contributed by atoms with Crippen molar-refractivity contribution in [1.82, 2.24) is 0 Å². The maximum Gasteiger partial charge on any atom is 0.338 e. The first-order valence-electron chi connectivity index (χ1n) is 19.3. The minimum Gasteiger partial charge on any atom is -0.497 e. The fourth-order valence-electron chi connectivity index (χ4n) is 11.2. The minimum atomic E-state index is -1.80. The van der Waals surface area contributed by atoms with Gasteiger partial charge in [-0.15, -0.1) is 11.6 Å². The summed E-state index contributed by atoms with van der Waals surface area (Å²) in [5.74, 6) is -0.128. The van der Waals surface area contributed by atoms with Crippen LogP contribution in [0, 0.1) is 40.4 Å². The van der Waals surface area contributed by atoms with Crippen LogP contribution in [0.3, 0.4) is 0 Å². The zero-order valence-electron chi connectivity index (χ0n) is 32.3. The van der Waals surface area contributed by atoms with Gasteiger partial charge < -0.3 is 28.8 Å². The fourth-order valence-corrected chi connectivity index (χ4v) is 11.8.